The van der Waals surface area contributed by atoms with Crippen LogP contribution in [0, 0.1) is 0 Å². The van der Waals surface area contributed by atoms with Crippen LogP contribution in [0.1, 0.15) is 39.0 Å². The lowest BCUT2D eigenvalue weighted by Crippen LogP contribution is -2.46. The molecule has 0 aromatic rings. The second-order valence-corrected chi connectivity index (χ2v) is 7.20. The number of aliphatic hydroxyl groups is 1. The van der Waals surface area contributed by atoms with Crippen LogP contribution in [0.4, 0.5) is 0 Å². The van der Waals surface area contributed by atoms with Crippen molar-refractivity contribution < 1.29 is 5.11 Å². The van der Waals surface area contributed by atoms with Crippen molar-refractivity contribution in [3.8, 4) is 0 Å². The van der Waals surface area contributed by atoms with Gasteiger partial charge in [-0.05, 0) is 6.42 Å². The van der Waals surface area contributed by atoms with Gasteiger partial charge in [-0.1, -0.05) is 79.0 Å². The SMILES string of the molecule is CCCCCCC(Cl)C(Cl)(Cl)C(Cl)(Cl)CO. The smallest absolute Gasteiger partial charge is 0.175 e. The normalized spacial score (nSPS) is 15.2. The second kappa shape index (κ2) is 7.76. The van der Waals surface area contributed by atoms with E-state index in [-0.39, 0.29) is 0 Å². The highest BCUT2D eigenvalue weighted by molar-refractivity contribution is 6.64. The van der Waals surface area contributed by atoms with E-state index in [0.29, 0.717) is 6.42 Å². The molecule has 0 spiro atoms. The standard InChI is InChI=1S/C10H17Cl5O/c1-2-3-4-5-6-8(11)10(14,15)9(12,13)7-16/h8,16H,2-7H2,1H3. The van der Waals surface area contributed by atoms with E-state index in [1.54, 1.807) is 0 Å². The largest absolute Gasteiger partial charge is 0.393 e. The topological polar surface area (TPSA) is 20.2 Å². The van der Waals surface area contributed by atoms with Gasteiger partial charge in [0.25, 0.3) is 0 Å². The molecule has 0 rings (SSSR count). The molecule has 1 unspecified atom stereocenters. The minimum Gasteiger partial charge on any atom is -0.393 e. The lowest BCUT2D eigenvalue weighted by Gasteiger charge is -2.34. The van der Waals surface area contributed by atoms with Gasteiger partial charge in [0.2, 0.25) is 0 Å². The van der Waals surface area contributed by atoms with Crippen molar-refractivity contribution in [2.75, 3.05) is 6.61 Å². The molecule has 0 bridgehead atoms. The van der Waals surface area contributed by atoms with E-state index in [1.165, 1.54) is 0 Å². The van der Waals surface area contributed by atoms with Gasteiger partial charge in [0.15, 0.2) is 8.67 Å². The molecular formula is C10H17Cl5O. The maximum atomic E-state index is 9.00. The van der Waals surface area contributed by atoms with Gasteiger partial charge in [-0.25, -0.2) is 0 Å². The highest BCUT2D eigenvalue weighted by atomic mass is 35.5. The molecule has 0 saturated carbocycles. The van der Waals surface area contributed by atoms with E-state index in [4.69, 9.17) is 63.1 Å². The summed E-state index contributed by atoms with van der Waals surface area (Å²) in [5, 5.41) is 8.41. The Bertz CT molecular complexity index is 196. The summed E-state index contributed by atoms with van der Waals surface area (Å²) in [6.45, 7) is 1.58. The predicted octanol–water partition coefficient (Wildman–Crippen LogP) is 4.90. The number of hydrogen-bond acceptors (Lipinski definition) is 1. The number of halogens is 5. The monoisotopic (exact) mass is 328 g/mol. The number of hydrogen-bond donors (Lipinski definition) is 1. The van der Waals surface area contributed by atoms with Crippen LogP contribution in [0.25, 0.3) is 0 Å². The van der Waals surface area contributed by atoms with Crippen LogP contribution in [-0.2, 0) is 0 Å². The van der Waals surface area contributed by atoms with Gasteiger partial charge in [0, 0.05) is 0 Å². The molecule has 0 aromatic carbocycles. The number of alkyl halides is 5. The van der Waals surface area contributed by atoms with Crippen molar-refractivity contribution in [1.82, 2.24) is 0 Å². The Balaban J connectivity index is 4.19. The van der Waals surface area contributed by atoms with Gasteiger partial charge in [-0.15, -0.1) is 11.6 Å². The van der Waals surface area contributed by atoms with Crippen LogP contribution in [0.15, 0.2) is 0 Å². The number of aliphatic hydroxyl groups excluding tert-OH is 1. The zero-order valence-electron chi connectivity index (χ0n) is 9.16. The molecule has 0 aromatic heterocycles. The Morgan fingerprint density at radius 2 is 1.62 bits per heavy atom. The first-order valence-electron chi connectivity index (χ1n) is 5.30. The Morgan fingerprint density at radius 1 is 1.06 bits per heavy atom. The highest BCUT2D eigenvalue weighted by Gasteiger charge is 2.51. The number of unbranched alkanes of at least 4 members (excludes halogenated alkanes) is 3. The van der Waals surface area contributed by atoms with Gasteiger partial charge in [0.1, 0.15) is 0 Å². The van der Waals surface area contributed by atoms with Crippen LogP contribution in [0.2, 0.25) is 0 Å². The predicted molar refractivity (Wildman–Crippen MR) is 74.4 cm³/mol. The molecule has 0 fully saturated rings. The minimum atomic E-state index is -1.65. The van der Waals surface area contributed by atoms with E-state index in [9.17, 15) is 0 Å². The van der Waals surface area contributed by atoms with E-state index in [0.717, 1.165) is 25.7 Å². The fraction of sp³-hybridized carbons (Fsp3) is 1.00. The molecule has 98 valence electrons. The Morgan fingerprint density at radius 3 is 2.06 bits per heavy atom. The lowest BCUT2D eigenvalue weighted by molar-refractivity contribution is 0.267. The first-order valence-corrected chi connectivity index (χ1v) is 7.25. The quantitative estimate of drug-likeness (QED) is 0.495. The molecule has 6 heteroatoms. The summed E-state index contributed by atoms with van der Waals surface area (Å²) < 4.78 is -3.20. The summed E-state index contributed by atoms with van der Waals surface area (Å²) in [5.41, 5.74) is 0. The third-order valence-electron chi connectivity index (χ3n) is 2.39. The van der Waals surface area contributed by atoms with Crippen molar-refractivity contribution in [2.45, 2.75) is 53.1 Å². The summed E-state index contributed by atoms with van der Waals surface area (Å²) in [7, 11) is 0. The molecule has 1 nitrogen and oxygen atoms in total. The van der Waals surface area contributed by atoms with E-state index < -0.39 is 20.7 Å². The van der Waals surface area contributed by atoms with Crippen LogP contribution < -0.4 is 0 Å². The summed E-state index contributed by atoms with van der Waals surface area (Å²) in [4.78, 5) is 0. The molecule has 0 radical (unpaired) electrons. The fourth-order valence-corrected chi connectivity index (χ4v) is 2.32. The van der Waals surface area contributed by atoms with Crippen molar-refractivity contribution >= 4 is 58.0 Å². The Kier molecular flexibility index (Phi) is 8.44. The van der Waals surface area contributed by atoms with E-state index >= 15 is 0 Å². The van der Waals surface area contributed by atoms with Gasteiger partial charge in [-0.3, -0.25) is 0 Å². The average Bonchev–Trinajstić information content (AvgIpc) is 2.23. The molecular weight excluding hydrogens is 313 g/mol. The van der Waals surface area contributed by atoms with Crippen LogP contribution >= 0.6 is 58.0 Å². The second-order valence-electron chi connectivity index (χ2n) is 3.80. The molecule has 1 N–H and O–H groups in total. The third kappa shape index (κ3) is 4.96. The highest BCUT2D eigenvalue weighted by Crippen LogP contribution is 2.47. The number of rotatable bonds is 8. The Labute approximate surface area is 122 Å². The zero-order chi connectivity index (χ0) is 12.8. The Hall–Kier alpha value is 1.41. The van der Waals surface area contributed by atoms with Gasteiger partial charge < -0.3 is 5.11 Å². The van der Waals surface area contributed by atoms with Crippen molar-refractivity contribution in [2.24, 2.45) is 0 Å². The summed E-state index contributed by atoms with van der Waals surface area (Å²) >= 11 is 29.7. The first kappa shape index (κ1) is 17.4. The summed E-state index contributed by atoms with van der Waals surface area (Å²) in [6, 6.07) is 0. The zero-order valence-corrected chi connectivity index (χ0v) is 12.9. The van der Waals surface area contributed by atoms with E-state index in [1.807, 2.05) is 0 Å². The molecule has 0 aliphatic rings. The average molecular weight is 331 g/mol. The molecule has 0 aliphatic carbocycles. The van der Waals surface area contributed by atoms with Gasteiger partial charge in [-0.2, -0.15) is 0 Å². The van der Waals surface area contributed by atoms with Crippen LogP contribution in [0.3, 0.4) is 0 Å². The third-order valence-corrected chi connectivity index (χ3v) is 5.55. The van der Waals surface area contributed by atoms with Gasteiger partial charge in [0.05, 0.1) is 12.0 Å². The molecule has 0 heterocycles. The minimum absolute atomic E-state index is 0.540. The summed E-state index contributed by atoms with van der Waals surface area (Å²) in [6.07, 6.45) is 4.90. The van der Waals surface area contributed by atoms with Crippen molar-refractivity contribution in [1.29, 1.82) is 0 Å². The molecule has 1 atom stereocenters. The molecule has 0 saturated heterocycles. The van der Waals surface area contributed by atoms with Gasteiger partial charge >= 0.3 is 0 Å². The fourth-order valence-electron chi connectivity index (χ4n) is 1.27. The molecule has 0 amide bonds. The lowest BCUT2D eigenvalue weighted by atomic mass is 10.1. The maximum absolute atomic E-state index is 9.00. The van der Waals surface area contributed by atoms with Crippen LogP contribution in [0.5, 0.6) is 0 Å². The summed E-state index contributed by atoms with van der Waals surface area (Å²) in [5.74, 6) is 0. The molecule has 0 aliphatic heterocycles. The molecule has 16 heavy (non-hydrogen) atoms. The maximum Gasteiger partial charge on any atom is 0.175 e. The van der Waals surface area contributed by atoms with Crippen molar-refractivity contribution in [3.63, 3.8) is 0 Å². The van der Waals surface area contributed by atoms with Crippen LogP contribution in [-0.4, -0.2) is 25.8 Å². The van der Waals surface area contributed by atoms with Crippen molar-refractivity contribution in [3.05, 3.63) is 0 Å². The van der Waals surface area contributed by atoms with E-state index in [2.05, 4.69) is 6.92 Å². The first-order chi connectivity index (χ1) is 7.29.